The van der Waals surface area contributed by atoms with Gasteiger partial charge in [-0.15, -0.1) is 0 Å². The Morgan fingerprint density at radius 2 is 2.20 bits per heavy atom. The minimum absolute atomic E-state index is 0.205. The van der Waals surface area contributed by atoms with Gasteiger partial charge in [-0.2, -0.15) is 0 Å². The van der Waals surface area contributed by atoms with Gasteiger partial charge < -0.3 is 14.8 Å². The Kier molecular flexibility index (Phi) is 5.70. The highest BCUT2D eigenvalue weighted by atomic mass is 35.5. The monoisotopic (exact) mass is 317 g/mol. The van der Waals surface area contributed by atoms with Crippen molar-refractivity contribution in [2.24, 2.45) is 0 Å². The van der Waals surface area contributed by atoms with Gasteiger partial charge in [0.25, 0.3) is 0 Å². The molecule has 2 rings (SSSR count). The smallest absolute Gasteiger partial charge is 0.106 e. The zero-order valence-electron chi connectivity index (χ0n) is 11.9. The van der Waals surface area contributed by atoms with Crippen molar-refractivity contribution in [1.29, 1.82) is 0 Å². The fourth-order valence-corrected chi connectivity index (χ4v) is 2.80. The summed E-state index contributed by atoms with van der Waals surface area (Å²) in [7, 11) is 1.75. The molecule has 1 heterocycles. The zero-order chi connectivity index (χ0) is 14.6. The average Bonchev–Trinajstić information content (AvgIpc) is 2.93. The van der Waals surface area contributed by atoms with Gasteiger partial charge in [-0.05, 0) is 24.1 Å². The van der Waals surface area contributed by atoms with Crippen LogP contribution in [0.2, 0.25) is 10.0 Å². The molecule has 0 aromatic heterocycles. The maximum atomic E-state index is 6.09. The van der Waals surface area contributed by atoms with Crippen molar-refractivity contribution in [3.8, 4) is 0 Å². The van der Waals surface area contributed by atoms with Crippen LogP contribution >= 0.6 is 23.2 Å². The number of ether oxygens (including phenoxy) is 2. The number of benzene rings is 1. The summed E-state index contributed by atoms with van der Waals surface area (Å²) in [5.74, 6) is 0. The van der Waals surface area contributed by atoms with E-state index in [-0.39, 0.29) is 11.6 Å². The lowest BCUT2D eigenvalue weighted by atomic mass is 10.00. The lowest BCUT2D eigenvalue weighted by molar-refractivity contribution is -0.0176. The summed E-state index contributed by atoms with van der Waals surface area (Å²) in [5, 5.41) is 4.74. The van der Waals surface area contributed by atoms with Gasteiger partial charge in [0, 0.05) is 32.7 Å². The number of rotatable bonds is 6. The van der Waals surface area contributed by atoms with Crippen LogP contribution in [0.4, 0.5) is 0 Å². The molecule has 1 aliphatic heterocycles. The molecular weight excluding hydrogens is 297 g/mol. The van der Waals surface area contributed by atoms with Crippen LogP contribution in [-0.2, 0) is 9.47 Å². The second-order valence-electron chi connectivity index (χ2n) is 5.21. The van der Waals surface area contributed by atoms with Crippen LogP contribution in [0, 0.1) is 0 Å². The van der Waals surface area contributed by atoms with E-state index < -0.39 is 0 Å². The lowest BCUT2D eigenvalue weighted by Crippen LogP contribution is -2.44. The summed E-state index contributed by atoms with van der Waals surface area (Å²) in [6, 6.07) is 6.02. The summed E-state index contributed by atoms with van der Waals surface area (Å²) < 4.78 is 11.1. The molecule has 2 unspecified atom stereocenters. The molecule has 112 valence electrons. The van der Waals surface area contributed by atoms with Gasteiger partial charge in [-0.3, -0.25) is 0 Å². The molecule has 0 amide bonds. The molecule has 3 nitrogen and oxygen atoms in total. The third-order valence-corrected chi connectivity index (χ3v) is 4.66. The number of methoxy groups -OCH3 is 1. The molecule has 0 aliphatic carbocycles. The number of hydrogen-bond acceptors (Lipinski definition) is 3. The van der Waals surface area contributed by atoms with E-state index >= 15 is 0 Å². The Morgan fingerprint density at radius 1 is 1.40 bits per heavy atom. The first-order valence-corrected chi connectivity index (χ1v) is 7.67. The second kappa shape index (κ2) is 7.10. The van der Waals surface area contributed by atoms with Crippen molar-refractivity contribution >= 4 is 23.2 Å². The van der Waals surface area contributed by atoms with Crippen molar-refractivity contribution in [3.05, 3.63) is 33.8 Å². The van der Waals surface area contributed by atoms with E-state index in [4.69, 9.17) is 32.7 Å². The van der Waals surface area contributed by atoms with Crippen LogP contribution in [0.25, 0.3) is 0 Å². The highest BCUT2D eigenvalue weighted by Crippen LogP contribution is 2.28. The van der Waals surface area contributed by atoms with Crippen LogP contribution in [0.5, 0.6) is 0 Å². The molecule has 0 saturated carbocycles. The van der Waals surface area contributed by atoms with E-state index in [2.05, 4.69) is 12.2 Å². The molecule has 5 heteroatoms. The molecule has 1 fully saturated rings. The highest BCUT2D eigenvalue weighted by Gasteiger charge is 2.35. The SMILES string of the molecule is CCC(NCC1(OC)CCOC1)c1ccc(Cl)c(Cl)c1. The summed E-state index contributed by atoms with van der Waals surface area (Å²) >= 11 is 12.1. The molecule has 2 atom stereocenters. The van der Waals surface area contributed by atoms with E-state index in [1.165, 1.54) is 0 Å². The summed E-state index contributed by atoms with van der Waals surface area (Å²) in [4.78, 5) is 0. The minimum Gasteiger partial charge on any atom is -0.378 e. The van der Waals surface area contributed by atoms with Crippen molar-refractivity contribution in [3.63, 3.8) is 0 Å². The molecule has 0 bridgehead atoms. The van der Waals surface area contributed by atoms with Gasteiger partial charge in [-0.25, -0.2) is 0 Å². The maximum Gasteiger partial charge on any atom is 0.106 e. The molecule has 1 aliphatic rings. The van der Waals surface area contributed by atoms with Crippen molar-refractivity contribution in [1.82, 2.24) is 5.32 Å². The van der Waals surface area contributed by atoms with Gasteiger partial charge in [0.05, 0.1) is 16.7 Å². The molecule has 1 aromatic carbocycles. The van der Waals surface area contributed by atoms with E-state index in [0.29, 0.717) is 16.7 Å². The standard InChI is InChI=1S/C15H21Cl2NO2/c1-3-14(11-4-5-12(16)13(17)8-11)18-9-15(19-2)6-7-20-10-15/h4-5,8,14,18H,3,6-7,9-10H2,1-2H3. The molecule has 20 heavy (non-hydrogen) atoms. The first kappa shape index (κ1) is 16.1. The predicted molar refractivity (Wildman–Crippen MR) is 82.7 cm³/mol. The fourth-order valence-electron chi connectivity index (χ4n) is 2.50. The van der Waals surface area contributed by atoms with Crippen molar-refractivity contribution in [2.75, 3.05) is 26.9 Å². The Hall–Kier alpha value is -0.320. The van der Waals surface area contributed by atoms with Gasteiger partial charge in [0.15, 0.2) is 0 Å². The van der Waals surface area contributed by atoms with Gasteiger partial charge in [-0.1, -0.05) is 36.2 Å². The van der Waals surface area contributed by atoms with Crippen LogP contribution in [-0.4, -0.2) is 32.5 Å². The molecule has 0 spiro atoms. The third kappa shape index (κ3) is 3.66. The van der Waals surface area contributed by atoms with Gasteiger partial charge in [0.1, 0.15) is 5.60 Å². The summed E-state index contributed by atoms with van der Waals surface area (Å²) in [6.45, 7) is 4.32. The maximum absolute atomic E-state index is 6.09. The zero-order valence-corrected chi connectivity index (χ0v) is 13.4. The number of nitrogens with one attached hydrogen (secondary N) is 1. The van der Waals surface area contributed by atoms with E-state index in [1.54, 1.807) is 7.11 Å². The fraction of sp³-hybridized carbons (Fsp3) is 0.600. The van der Waals surface area contributed by atoms with E-state index in [1.807, 2.05) is 18.2 Å². The molecule has 1 aromatic rings. The lowest BCUT2D eigenvalue weighted by Gasteiger charge is -2.29. The van der Waals surface area contributed by atoms with Crippen molar-refractivity contribution in [2.45, 2.75) is 31.4 Å². The quantitative estimate of drug-likeness (QED) is 0.864. The van der Waals surface area contributed by atoms with Crippen molar-refractivity contribution < 1.29 is 9.47 Å². The number of hydrogen-bond donors (Lipinski definition) is 1. The first-order valence-electron chi connectivity index (χ1n) is 6.91. The Bertz CT molecular complexity index is 447. The molecule has 1 saturated heterocycles. The normalized spacial score (nSPS) is 24.0. The van der Waals surface area contributed by atoms with Crippen LogP contribution in [0.15, 0.2) is 18.2 Å². The summed E-state index contributed by atoms with van der Waals surface area (Å²) in [5.41, 5.74) is 0.941. The molecule has 0 radical (unpaired) electrons. The topological polar surface area (TPSA) is 30.5 Å². The Balaban J connectivity index is 2.03. The summed E-state index contributed by atoms with van der Waals surface area (Å²) in [6.07, 6.45) is 1.90. The highest BCUT2D eigenvalue weighted by molar-refractivity contribution is 6.42. The first-order chi connectivity index (χ1) is 9.60. The van der Waals surface area contributed by atoms with E-state index in [9.17, 15) is 0 Å². The minimum atomic E-state index is -0.205. The van der Waals surface area contributed by atoms with Crippen LogP contribution in [0.3, 0.4) is 0 Å². The number of halogens is 2. The Labute approximate surface area is 130 Å². The molecular formula is C15H21Cl2NO2. The van der Waals surface area contributed by atoms with Gasteiger partial charge >= 0.3 is 0 Å². The largest absolute Gasteiger partial charge is 0.378 e. The second-order valence-corrected chi connectivity index (χ2v) is 6.02. The Morgan fingerprint density at radius 3 is 2.75 bits per heavy atom. The van der Waals surface area contributed by atoms with Crippen LogP contribution < -0.4 is 5.32 Å². The van der Waals surface area contributed by atoms with Gasteiger partial charge in [0.2, 0.25) is 0 Å². The average molecular weight is 318 g/mol. The predicted octanol–water partition coefficient (Wildman–Crippen LogP) is 3.84. The van der Waals surface area contributed by atoms with E-state index in [0.717, 1.165) is 31.6 Å². The third-order valence-electron chi connectivity index (χ3n) is 3.93. The molecule has 1 N–H and O–H groups in total. The van der Waals surface area contributed by atoms with Crippen LogP contribution in [0.1, 0.15) is 31.4 Å².